The maximum atomic E-state index is 2.35. The molecule has 0 aromatic heterocycles. The summed E-state index contributed by atoms with van der Waals surface area (Å²) in [6.45, 7) is 6.59. The van der Waals surface area contributed by atoms with Gasteiger partial charge in [0.25, 0.3) is 0 Å². The fourth-order valence-electron chi connectivity index (χ4n) is 1.61. The summed E-state index contributed by atoms with van der Waals surface area (Å²) in [5.41, 5.74) is 4.26. The molecule has 1 aromatic carbocycles. The molecule has 76 valence electrons. The van der Waals surface area contributed by atoms with Gasteiger partial charge in [0, 0.05) is 0 Å². The summed E-state index contributed by atoms with van der Waals surface area (Å²) < 4.78 is 0. The largest absolute Gasteiger partial charge is 0.0853 e. The number of hydrogen-bond acceptors (Lipinski definition) is 0. The Morgan fingerprint density at radius 3 is 2.79 bits per heavy atom. The van der Waals surface area contributed by atoms with Crippen molar-refractivity contribution >= 4 is 0 Å². The van der Waals surface area contributed by atoms with E-state index in [-0.39, 0.29) is 0 Å². The van der Waals surface area contributed by atoms with Gasteiger partial charge in [-0.05, 0) is 32.3 Å². The van der Waals surface area contributed by atoms with Crippen LogP contribution in [0.25, 0.3) is 0 Å². The van der Waals surface area contributed by atoms with Gasteiger partial charge in [-0.2, -0.15) is 0 Å². The number of aryl methyl sites for hydroxylation is 1. The first-order valence-corrected chi connectivity index (χ1v) is 5.43. The number of unbranched alkanes of at least 4 members (excludes halogenated alkanes) is 1. The lowest BCUT2D eigenvalue weighted by atomic mass is 10.0. The van der Waals surface area contributed by atoms with Crippen molar-refractivity contribution in [3.63, 3.8) is 0 Å². The summed E-state index contributed by atoms with van der Waals surface area (Å²) in [5, 5.41) is 0. The van der Waals surface area contributed by atoms with E-state index in [9.17, 15) is 0 Å². The third kappa shape index (κ3) is 3.78. The number of rotatable bonds is 4. The van der Waals surface area contributed by atoms with Gasteiger partial charge < -0.3 is 0 Å². The minimum absolute atomic E-state index is 1.10. The molecule has 0 atom stereocenters. The zero-order valence-corrected chi connectivity index (χ0v) is 9.51. The van der Waals surface area contributed by atoms with Crippen LogP contribution in [0.5, 0.6) is 0 Å². The van der Waals surface area contributed by atoms with Gasteiger partial charge in [0.15, 0.2) is 0 Å². The fourth-order valence-corrected chi connectivity index (χ4v) is 1.61. The van der Waals surface area contributed by atoms with Crippen LogP contribution in [0, 0.1) is 6.92 Å². The molecule has 0 aliphatic carbocycles. The molecule has 0 spiro atoms. The first-order valence-electron chi connectivity index (χ1n) is 5.43. The smallest absolute Gasteiger partial charge is 0.00698 e. The lowest BCUT2D eigenvalue weighted by Crippen LogP contribution is -1.87. The Kier molecular flexibility index (Phi) is 4.45. The summed E-state index contributed by atoms with van der Waals surface area (Å²) in [6, 6.07) is 8.76. The molecule has 0 saturated carbocycles. The normalized spacial score (nSPS) is 11.8. The Morgan fingerprint density at radius 2 is 2.14 bits per heavy atom. The van der Waals surface area contributed by atoms with Crippen molar-refractivity contribution in [1.82, 2.24) is 0 Å². The molecule has 0 radical (unpaired) electrons. The molecule has 0 heterocycles. The standard InChI is InChI=1S/C14H20/c1-4-5-7-12(2)10-14-9-6-8-13(3)11-14/h6-9,11H,4-5,10H2,1-3H3. The van der Waals surface area contributed by atoms with Crippen molar-refractivity contribution in [3.05, 3.63) is 47.0 Å². The molecule has 14 heavy (non-hydrogen) atoms. The van der Waals surface area contributed by atoms with Gasteiger partial charge in [-0.25, -0.2) is 0 Å². The molecule has 0 bridgehead atoms. The lowest BCUT2D eigenvalue weighted by molar-refractivity contribution is 0.938. The Morgan fingerprint density at radius 1 is 1.36 bits per heavy atom. The molecule has 1 rings (SSSR count). The maximum Gasteiger partial charge on any atom is -0.00698 e. The predicted octanol–water partition coefficient (Wildman–Crippen LogP) is 4.28. The van der Waals surface area contributed by atoms with E-state index < -0.39 is 0 Å². The molecule has 0 saturated heterocycles. The monoisotopic (exact) mass is 188 g/mol. The molecule has 1 aromatic rings. The van der Waals surface area contributed by atoms with Crippen LogP contribution in [0.15, 0.2) is 35.9 Å². The van der Waals surface area contributed by atoms with Crippen LogP contribution in [-0.2, 0) is 6.42 Å². The minimum atomic E-state index is 1.10. The van der Waals surface area contributed by atoms with Crippen molar-refractivity contribution in [3.8, 4) is 0 Å². The van der Waals surface area contributed by atoms with E-state index in [4.69, 9.17) is 0 Å². The molecule has 0 N–H and O–H groups in total. The average Bonchev–Trinajstić information content (AvgIpc) is 2.15. The van der Waals surface area contributed by atoms with Crippen LogP contribution in [0.3, 0.4) is 0 Å². The molecule has 0 nitrogen and oxygen atoms in total. The molecule has 0 fully saturated rings. The van der Waals surface area contributed by atoms with Crippen LogP contribution >= 0.6 is 0 Å². The second-order valence-electron chi connectivity index (χ2n) is 4.00. The third-order valence-corrected chi connectivity index (χ3v) is 2.35. The van der Waals surface area contributed by atoms with E-state index in [0.29, 0.717) is 0 Å². The summed E-state index contributed by atoms with van der Waals surface area (Å²) >= 11 is 0. The van der Waals surface area contributed by atoms with E-state index in [1.165, 1.54) is 29.5 Å². The van der Waals surface area contributed by atoms with Crippen molar-refractivity contribution in [1.29, 1.82) is 0 Å². The van der Waals surface area contributed by atoms with E-state index in [1.807, 2.05) is 0 Å². The lowest BCUT2D eigenvalue weighted by Gasteiger charge is -2.03. The Labute approximate surface area is 87.7 Å². The van der Waals surface area contributed by atoms with Crippen molar-refractivity contribution in [2.45, 2.75) is 40.0 Å². The molecule has 0 amide bonds. The highest BCUT2D eigenvalue weighted by Gasteiger charge is 1.94. The SMILES string of the molecule is CCCC=C(C)Cc1cccc(C)c1. The van der Waals surface area contributed by atoms with Gasteiger partial charge in [0.1, 0.15) is 0 Å². The summed E-state index contributed by atoms with van der Waals surface area (Å²) in [7, 11) is 0. The van der Waals surface area contributed by atoms with Crippen LogP contribution in [-0.4, -0.2) is 0 Å². The van der Waals surface area contributed by atoms with E-state index in [2.05, 4.69) is 51.1 Å². The average molecular weight is 188 g/mol. The summed E-state index contributed by atoms with van der Waals surface area (Å²) in [4.78, 5) is 0. The van der Waals surface area contributed by atoms with Crippen LogP contribution in [0.2, 0.25) is 0 Å². The second kappa shape index (κ2) is 5.64. The van der Waals surface area contributed by atoms with Gasteiger partial charge in [-0.1, -0.05) is 54.8 Å². The third-order valence-electron chi connectivity index (χ3n) is 2.35. The Bertz CT molecular complexity index is 308. The first kappa shape index (κ1) is 11.0. The fraction of sp³-hybridized carbons (Fsp3) is 0.429. The number of hydrogen-bond donors (Lipinski definition) is 0. The van der Waals surface area contributed by atoms with Crippen molar-refractivity contribution < 1.29 is 0 Å². The summed E-state index contributed by atoms with van der Waals surface area (Å²) in [6.07, 6.45) is 5.90. The molecule has 0 unspecified atom stereocenters. The highest BCUT2D eigenvalue weighted by Crippen LogP contribution is 2.10. The molecular weight excluding hydrogens is 168 g/mol. The van der Waals surface area contributed by atoms with Gasteiger partial charge in [-0.15, -0.1) is 0 Å². The van der Waals surface area contributed by atoms with Gasteiger partial charge in [0.2, 0.25) is 0 Å². The molecule has 0 heteroatoms. The zero-order valence-electron chi connectivity index (χ0n) is 9.51. The highest BCUT2D eigenvalue weighted by atomic mass is 14.0. The molecular formula is C14H20. The van der Waals surface area contributed by atoms with Crippen molar-refractivity contribution in [2.75, 3.05) is 0 Å². The molecule has 0 aliphatic rings. The second-order valence-corrected chi connectivity index (χ2v) is 4.00. The highest BCUT2D eigenvalue weighted by molar-refractivity contribution is 5.25. The first-order chi connectivity index (χ1) is 6.72. The quantitative estimate of drug-likeness (QED) is 0.618. The molecule has 0 aliphatic heterocycles. The topological polar surface area (TPSA) is 0 Å². The number of benzene rings is 1. The van der Waals surface area contributed by atoms with Gasteiger partial charge in [-0.3, -0.25) is 0 Å². The van der Waals surface area contributed by atoms with Gasteiger partial charge in [0.05, 0.1) is 0 Å². The Hall–Kier alpha value is -1.04. The maximum absolute atomic E-state index is 2.35. The van der Waals surface area contributed by atoms with Crippen LogP contribution in [0.4, 0.5) is 0 Å². The Balaban J connectivity index is 2.60. The van der Waals surface area contributed by atoms with E-state index in [1.54, 1.807) is 0 Å². The van der Waals surface area contributed by atoms with Crippen LogP contribution < -0.4 is 0 Å². The predicted molar refractivity (Wildman–Crippen MR) is 63.5 cm³/mol. The minimum Gasteiger partial charge on any atom is -0.0853 e. The van der Waals surface area contributed by atoms with Gasteiger partial charge >= 0.3 is 0 Å². The van der Waals surface area contributed by atoms with Crippen molar-refractivity contribution in [2.24, 2.45) is 0 Å². The summed E-state index contributed by atoms with van der Waals surface area (Å²) in [5.74, 6) is 0. The zero-order chi connectivity index (χ0) is 10.4. The van der Waals surface area contributed by atoms with E-state index in [0.717, 1.165) is 6.42 Å². The number of allylic oxidation sites excluding steroid dienone is 2. The van der Waals surface area contributed by atoms with E-state index >= 15 is 0 Å². The van der Waals surface area contributed by atoms with Crippen LogP contribution in [0.1, 0.15) is 37.8 Å².